The van der Waals surface area contributed by atoms with E-state index >= 15 is 0 Å². The summed E-state index contributed by atoms with van der Waals surface area (Å²) in [6.07, 6.45) is -1.68. The van der Waals surface area contributed by atoms with Crippen LogP contribution in [0.3, 0.4) is 0 Å². The highest BCUT2D eigenvalue weighted by molar-refractivity contribution is 5.69. The van der Waals surface area contributed by atoms with Crippen LogP contribution < -0.4 is 0 Å². The van der Waals surface area contributed by atoms with Crippen molar-refractivity contribution in [3.05, 3.63) is 35.4 Å². The fourth-order valence-electron chi connectivity index (χ4n) is 1.38. The molecule has 88 valence electrons. The van der Waals surface area contributed by atoms with Crippen molar-refractivity contribution < 1.29 is 23.8 Å². The molecule has 0 fully saturated rings. The molecular formula is C11H12F2O3. The average Bonchev–Trinajstić information content (AvgIpc) is 2.16. The highest BCUT2D eigenvalue weighted by Crippen LogP contribution is 2.26. The van der Waals surface area contributed by atoms with Crippen molar-refractivity contribution in [2.24, 2.45) is 5.92 Å². The van der Waals surface area contributed by atoms with Crippen LogP contribution in [0, 0.1) is 17.6 Å². The third-order valence-corrected chi connectivity index (χ3v) is 2.33. The Bertz CT molecular complexity index is 373. The second-order valence-corrected chi connectivity index (χ2v) is 3.63. The predicted molar refractivity (Wildman–Crippen MR) is 52.7 cm³/mol. The van der Waals surface area contributed by atoms with Gasteiger partial charge in [0.1, 0.15) is 11.6 Å². The zero-order valence-electron chi connectivity index (χ0n) is 8.65. The number of halogens is 2. The molecule has 0 saturated heterocycles. The van der Waals surface area contributed by atoms with Crippen LogP contribution in [0.5, 0.6) is 0 Å². The molecule has 2 unspecified atom stereocenters. The highest BCUT2D eigenvalue weighted by atomic mass is 19.1. The maximum atomic E-state index is 13.2. The third-order valence-electron chi connectivity index (χ3n) is 2.33. The van der Waals surface area contributed by atoms with E-state index in [1.165, 1.54) is 13.0 Å². The molecule has 0 aliphatic carbocycles. The Kier molecular flexibility index (Phi) is 3.95. The number of hydrogen-bond donors (Lipinski definition) is 2. The second-order valence-electron chi connectivity index (χ2n) is 3.63. The minimum Gasteiger partial charge on any atom is -0.481 e. The van der Waals surface area contributed by atoms with Gasteiger partial charge in [0.2, 0.25) is 0 Å². The lowest BCUT2D eigenvalue weighted by molar-refractivity contribution is -0.142. The average molecular weight is 230 g/mol. The highest BCUT2D eigenvalue weighted by Gasteiger charge is 2.22. The quantitative estimate of drug-likeness (QED) is 0.832. The van der Waals surface area contributed by atoms with Crippen LogP contribution in [0.4, 0.5) is 8.78 Å². The van der Waals surface area contributed by atoms with Crippen molar-refractivity contribution in [1.82, 2.24) is 0 Å². The zero-order valence-corrected chi connectivity index (χ0v) is 8.65. The summed E-state index contributed by atoms with van der Waals surface area (Å²) in [5, 5.41) is 18.2. The number of aliphatic hydroxyl groups is 1. The van der Waals surface area contributed by atoms with Crippen molar-refractivity contribution >= 4 is 5.97 Å². The summed E-state index contributed by atoms with van der Waals surface area (Å²) in [5.41, 5.74) is -0.476. The molecule has 0 spiro atoms. The molecule has 0 heterocycles. The first-order valence-corrected chi connectivity index (χ1v) is 4.78. The van der Waals surface area contributed by atoms with Gasteiger partial charge in [-0.05, 0) is 18.6 Å². The van der Waals surface area contributed by atoms with Gasteiger partial charge in [0.25, 0.3) is 0 Å². The Hall–Kier alpha value is -1.49. The number of rotatable bonds is 4. The van der Waals surface area contributed by atoms with E-state index in [1.54, 1.807) is 0 Å². The SMILES string of the molecule is CC(CC(O)c1c(F)cccc1F)C(=O)O. The monoisotopic (exact) mass is 230 g/mol. The first-order valence-electron chi connectivity index (χ1n) is 4.78. The minimum atomic E-state index is -1.45. The van der Waals surface area contributed by atoms with E-state index in [1.807, 2.05) is 0 Å². The predicted octanol–water partition coefficient (Wildman–Crippen LogP) is 2.11. The van der Waals surface area contributed by atoms with Crippen LogP contribution in [0.1, 0.15) is 25.0 Å². The lowest BCUT2D eigenvalue weighted by atomic mass is 9.97. The molecule has 3 nitrogen and oxygen atoms in total. The molecule has 1 rings (SSSR count). The van der Waals surface area contributed by atoms with E-state index in [0.29, 0.717) is 0 Å². The maximum Gasteiger partial charge on any atom is 0.306 e. The molecule has 0 aliphatic heterocycles. The van der Waals surface area contributed by atoms with E-state index in [-0.39, 0.29) is 6.42 Å². The second kappa shape index (κ2) is 5.03. The van der Waals surface area contributed by atoms with Gasteiger partial charge < -0.3 is 10.2 Å². The van der Waals surface area contributed by atoms with Crippen LogP contribution in [0.25, 0.3) is 0 Å². The van der Waals surface area contributed by atoms with Crippen molar-refractivity contribution in [1.29, 1.82) is 0 Å². The number of hydrogen-bond acceptors (Lipinski definition) is 2. The third kappa shape index (κ3) is 2.76. The Morgan fingerprint density at radius 2 is 1.88 bits per heavy atom. The summed E-state index contributed by atoms with van der Waals surface area (Å²) in [6, 6.07) is 3.22. The molecule has 2 N–H and O–H groups in total. The van der Waals surface area contributed by atoms with Gasteiger partial charge in [0, 0.05) is 0 Å². The first kappa shape index (κ1) is 12.6. The molecule has 0 bridgehead atoms. The van der Waals surface area contributed by atoms with Crippen molar-refractivity contribution in [3.63, 3.8) is 0 Å². The van der Waals surface area contributed by atoms with Gasteiger partial charge in [-0.2, -0.15) is 0 Å². The van der Waals surface area contributed by atoms with E-state index in [4.69, 9.17) is 5.11 Å². The number of carboxylic acid groups (broad SMARTS) is 1. The van der Waals surface area contributed by atoms with Crippen molar-refractivity contribution in [3.8, 4) is 0 Å². The van der Waals surface area contributed by atoms with E-state index < -0.39 is 35.2 Å². The van der Waals surface area contributed by atoms with Crippen molar-refractivity contribution in [2.45, 2.75) is 19.4 Å². The van der Waals surface area contributed by atoms with Crippen LogP contribution in [0.2, 0.25) is 0 Å². The fourth-order valence-corrected chi connectivity index (χ4v) is 1.38. The smallest absolute Gasteiger partial charge is 0.306 e. The molecule has 2 atom stereocenters. The Morgan fingerprint density at radius 3 is 2.31 bits per heavy atom. The van der Waals surface area contributed by atoms with Gasteiger partial charge >= 0.3 is 5.97 Å². The van der Waals surface area contributed by atoms with Gasteiger partial charge in [-0.25, -0.2) is 8.78 Å². The molecule has 0 amide bonds. The van der Waals surface area contributed by atoms with Crippen LogP contribution >= 0.6 is 0 Å². The zero-order chi connectivity index (χ0) is 12.3. The largest absolute Gasteiger partial charge is 0.481 e. The molecule has 1 aromatic rings. The number of carboxylic acids is 1. The summed E-state index contributed by atoms with van der Waals surface area (Å²) >= 11 is 0. The van der Waals surface area contributed by atoms with Gasteiger partial charge in [0.15, 0.2) is 0 Å². The summed E-state index contributed by atoms with van der Waals surface area (Å²) in [4.78, 5) is 10.5. The molecule has 0 aromatic heterocycles. The maximum absolute atomic E-state index is 13.2. The molecule has 1 aromatic carbocycles. The van der Waals surface area contributed by atoms with E-state index in [0.717, 1.165) is 12.1 Å². The Morgan fingerprint density at radius 1 is 1.38 bits per heavy atom. The Labute approximate surface area is 91.3 Å². The molecule has 0 saturated carbocycles. The van der Waals surface area contributed by atoms with Crippen molar-refractivity contribution in [2.75, 3.05) is 0 Å². The normalized spacial score (nSPS) is 14.5. The molecule has 16 heavy (non-hydrogen) atoms. The topological polar surface area (TPSA) is 57.5 Å². The standard InChI is InChI=1S/C11H12F2O3/c1-6(11(15)16)5-9(14)10-7(12)3-2-4-8(10)13/h2-4,6,9,14H,5H2,1H3,(H,15,16). The number of benzene rings is 1. The van der Waals surface area contributed by atoms with E-state index in [9.17, 15) is 18.7 Å². The summed E-state index contributed by atoms with van der Waals surface area (Å²) in [5.74, 6) is -3.72. The number of aliphatic hydroxyl groups excluding tert-OH is 1. The fraction of sp³-hybridized carbons (Fsp3) is 0.364. The molecular weight excluding hydrogens is 218 g/mol. The number of carbonyl (C=O) groups is 1. The van der Waals surface area contributed by atoms with Crippen LogP contribution in [-0.2, 0) is 4.79 Å². The van der Waals surface area contributed by atoms with Crippen LogP contribution in [0.15, 0.2) is 18.2 Å². The lowest BCUT2D eigenvalue weighted by Crippen LogP contribution is -2.15. The summed E-state index contributed by atoms with van der Waals surface area (Å²) < 4.78 is 26.4. The molecule has 5 heteroatoms. The molecule has 0 aliphatic rings. The van der Waals surface area contributed by atoms with Crippen LogP contribution in [-0.4, -0.2) is 16.2 Å². The van der Waals surface area contributed by atoms with Gasteiger partial charge in [-0.15, -0.1) is 0 Å². The number of aliphatic carboxylic acids is 1. The van der Waals surface area contributed by atoms with Gasteiger partial charge in [-0.3, -0.25) is 4.79 Å². The lowest BCUT2D eigenvalue weighted by Gasteiger charge is -2.14. The Balaban J connectivity index is 2.88. The van der Waals surface area contributed by atoms with Gasteiger partial charge in [0.05, 0.1) is 17.6 Å². The molecule has 0 radical (unpaired) electrons. The van der Waals surface area contributed by atoms with Gasteiger partial charge in [-0.1, -0.05) is 13.0 Å². The minimum absolute atomic E-state index is 0.229. The van der Waals surface area contributed by atoms with E-state index in [2.05, 4.69) is 0 Å². The first-order chi connectivity index (χ1) is 7.43. The summed E-state index contributed by atoms with van der Waals surface area (Å²) in [7, 11) is 0. The summed E-state index contributed by atoms with van der Waals surface area (Å²) in [6.45, 7) is 1.37.